The van der Waals surface area contributed by atoms with E-state index in [-0.39, 0.29) is 0 Å². The maximum atomic E-state index is 12.4. The van der Waals surface area contributed by atoms with Gasteiger partial charge >= 0.3 is 18.0 Å². The lowest BCUT2D eigenvalue weighted by Gasteiger charge is -2.22. The van der Waals surface area contributed by atoms with Crippen LogP contribution in [0.4, 0.5) is 10.5 Å². The Labute approximate surface area is 215 Å². The van der Waals surface area contributed by atoms with Gasteiger partial charge in [0.05, 0.1) is 19.4 Å². The number of benzene rings is 1. The molecule has 1 aliphatic carbocycles. The highest BCUT2D eigenvalue weighted by molar-refractivity contribution is 6.04. The number of hydrazone groups is 1. The fourth-order valence-corrected chi connectivity index (χ4v) is 3.86. The Morgan fingerprint density at radius 3 is 2.57 bits per heavy atom. The number of carbonyl (C=O) groups is 2. The number of amides is 1. The first-order valence-electron chi connectivity index (χ1n) is 12.0. The summed E-state index contributed by atoms with van der Waals surface area (Å²) in [6.45, 7) is 12.6. The van der Waals surface area contributed by atoms with E-state index in [9.17, 15) is 9.59 Å². The number of methoxy groups -OCH3 is 1. The van der Waals surface area contributed by atoms with E-state index < -0.39 is 23.7 Å². The number of carbonyl (C=O) groups excluding carboxylic acids is 2. The van der Waals surface area contributed by atoms with Crippen LogP contribution in [0.1, 0.15) is 51.6 Å². The van der Waals surface area contributed by atoms with Crippen LogP contribution in [-0.4, -0.2) is 53.1 Å². The Hall–Kier alpha value is -4.26. The molecule has 1 fully saturated rings. The van der Waals surface area contributed by atoms with Crippen molar-refractivity contribution in [2.75, 3.05) is 14.2 Å². The van der Waals surface area contributed by atoms with Gasteiger partial charge in [0.2, 0.25) is 0 Å². The third-order valence-electron chi connectivity index (χ3n) is 5.84. The lowest BCUT2D eigenvalue weighted by Crippen LogP contribution is -2.38. The van der Waals surface area contributed by atoms with Crippen molar-refractivity contribution in [3.63, 3.8) is 0 Å². The van der Waals surface area contributed by atoms with E-state index in [2.05, 4.69) is 20.2 Å². The van der Waals surface area contributed by atoms with Crippen molar-refractivity contribution in [3.8, 4) is 17.0 Å². The molecule has 2 aliphatic rings. The summed E-state index contributed by atoms with van der Waals surface area (Å²) in [4.78, 5) is 32.8. The monoisotopic (exact) mass is 504 g/mol. The first kappa shape index (κ1) is 25.8. The predicted molar refractivity (Wildman–Crippen MR) is 137 cm³/mol. The van der Waals surface area contributed by atoms with Crippen LogP contribution in [0.5, 0.6) is 5.75 Å². The van der Waals surface area contributed by atoms with Gasteiger partial charge in [-0.05, 0) is 50.8 Å². The van der Waals surface area contributed by atoms with Crippen LogP contribution < -0.4 is 10.1 Å². The van der Waals surface area contributed by atoms with Gasteiger partial charge in [0.25, 0.3) is 0 Å². The Morgan fingerprint density at radius 1 is 1.22 bits per heavy atom. The molecule has 1 saturated carbocycles. The number of alkyl carbamates (subject to hydrolysis) is 1. The van der Waals surface area contributed by atoms with Crippen molar-refractivity contribution in [3.05, 3.63) is 53.5 Å². The van der Waals surface area contributed by atoms with Crippen molar-refractivity contribution in [2.45, 2.75) is 51.7 Å². The summed E-state index contributed by atoms with van der Waals surface area (Å²) in [6, 6.07) is 7.45. The lowest BCUT2D eigenvalue weighted by molar-refractivity contribution is -0.506. The maximum Gasteiger partial charge on any atom is 0.408 e. The maximum absolute atomic E-state index is 12.4. The molecule has 2 aromatic rings. The van der Waals surface area contributed by atoms with E-state index in [0.717, 1.165) is 18.6 Å². The molecule has 192 valence electrons. The zero-order chi connectivity index (χ0) is 26.7. The number of rotatable bonds is 6. The molecule has 1 aromatic carbocycles. The molecule has 1 aromatic heterocycles. The SMILES string of the molecule is [C-]#[N+]c1ccc(-c2ccc(C(NC(=O)OC(C)(C)C)C(=O)OC)cn2)c(OC2=[N+](C)N=C(C3CC3)C2)c1. The minimum Gasteiger partial charge on any atom is -0.467 e. The summed E-state index contributed by atoms with van der Waals surface area (Å²) < 4.78 is 18.1. The van der Waals surface area contributed by atoms with Gasteiger partial charge in [0.1, 0.15) is 23.5 Å². The number of esters is 1. The molecule has 0 bridgehead atoms. The average molecular weight is 505 g/mol. The number of hydrogen-bond donors (Lipinski definition) is 1. The fraction of sp³-hybridized carbons (Fsp3) is 0.407. The summed E-state index contributed by atoms with van der Waals surface area (Å²) in [5.41, 5.74) is 2.50. The smallest absolute Gasteiger partial charge is 0.408 e. The van der Waals surface area contributed by atoms with E-state index >= 15 is 0 Å². The van der Waals surface area contributed by atoms with E-state index in [1.165, 1.54) is 13.3 Å². The molecular weight excluding hydrogens is 474 g/mol. The molecule has 10 heteroatoms. The summed E-state index contributed by atoms with van der Waals surface area (Å²) >= 11 is 0. The van der Waals surface area contributed by atoms with Crippen LogP contribution >= 0.6 is 0 Å². The minimum atomic E-state index is -1.10. The van der Waals surface area contributed by atoms with Gasteiger partial charge in [0, 0.05) is 23.2 Å². The van der Waals surface area contributed by atoms with Gasteiger partial charge in [-0.25, -0.2) is 14.4 Å². The zero-order valence-corrected chi connectivity index (χ0v) is 21.6. The molecule has 4 rings (SSSR count). The van der Waals surface area contributed by atoms with E-state index in [0.29, 0.717) is 46.5 Å². The normalized spacial score (nSPS) is 15.9. The third kappa shape index (κ3) is 6.30. The average Bonchev–Trinajstić information content (AvgIpc) is 3.64. The van der Waals surface area contributed by atoms with Gasteiger partial charge in [-0.2, -0.15) is 0 Å². The van der Waals surface area contributed by atoms with Crippen LogP contribution in [0.15, 0.2) is 41.6 Å². The van der Waals surface area contributed by atoms with Crippen molar-refractivity contribution in [1.29, 1.82) is 0 Å². The Morgan fingerprint density at radius 2 is 1.97 bits per heavy atom. The van der Waals surface area contributed by atoms with E-state index in [1.54, 1.807) is 55.8 Å². The predicted octanol–water partition coefficient (Wildman–Crippen LogP) is 4.63. The highest BCUT2D eigenvalue weighted by Gasteiger charge is 2.37. The summed E-state index contributed by atoms with van der Waals surface area (Å²) in [7, 11) is 3.09. The molecule has 1 unspecified atom stereocenters. The topological polar surface area (TPSA) is 106 Å². The number of aromatic nitrogens is 1. The van der Waals surface area contributed by atoms with Crippen molar-refractivity contribution in [2.24, 2.45) is 11.0 Å². The van der Waals surface area contributed by atoms with Gasteiger partial charge in [0.15, 0.2) is 18.8 Å². The Kier molecular flexibility index (Phi) is 7.25. The second-order valence-electron chi connectivity index (χ2n) is 9.93. The van der Waals surface area contributed by atoms with E-state index in [4.69, 9.17) is 20.8 Å². The lowest BCUT2D eigenvalue weighted by atomic mass is 10.1. The number of ether oxygens (including phenoxy) is 3. The number of pyridine rings is 1. The molecule has 1 amide bonds. The zero-order valence-electron chi connectivity index (χ0n) is 21.6. The van der Waals surface area contributed by atoms with Crippen molar-refractivity contribution in [1.82, 2.24) is 10.3 Å². The third-order valence-corrected chi connectivity index (χ3v) is 5.84. The van der Waals surface area contributed by atoms with Gasteiger partial charge in [-0.1, -0.05) is 22.9 Å². The molecule has 1 atom stereocenters. The standard InChI is InChI=1S/C27H29N5O5/c1-27(2,3)37-26(34)30-24(25(33)35-6)17-9-12-20(29-15-17)19-11-10-18(28-4)13-22(19)36-23-14-21(16-7-8-16)31-32(23)5/h9-13,15-16,24H,7-8,14H2,1-3,5-6H3/p+1. The quantitative estimate of drug-likeness (QED) is 0.349. The van der Waals surface area contributed by atoms with Crippen LogP contribution in [0.3, 0.4) is 0 Å². The number of hydrogen-bond acceptors (Lipinski definition) is 7. The second kappa shape index (κ2) is 10.4. The molecule has 1 aliphatic heterocycles. The highest BCUT2D eigenvalue weighted by Crippen LogP contribution is 2.36. The van der Waals surface area contributed by atoms with Crippen LogP contribution in [-0.2, 0) is 14.3 Å². The minimum absolute atomic E-state index is 0.425. The molecule has 0 radical (unpaired) electrons. The van der Waals surface area contributed by atoms with Crippen molar-refractivity contribution < 1.29 is 28.5 Å². The molecule has 2 heterocycles. The first-order chi connectivity index (χ1) is 17.6. The van der Waals surface area contributed by atoms with Crippen molar-refractivity contribution >= 4 is 29.4 Å². The largest absolute Gasteiger partial charge is 0.467 e. The molecule has 0 saturated heterocycles. The van der Waals surface area contributed by atoms with E-state index in [1.807, 2.05) is 7.05 Å². The Bertz CT molecular complexity index is 1310. The summed E-state index contributed by atoms with van der Waals surface area (Å²) in [5, 5.41) is 7.14. The second-order valence-corrected chi connectivity index (χ2v) is 9.93. The Balaban J connectivity index is 1.58. The molecular formula is C27H30N5O5+. The summed E-state index contributed by atoms with van der Waals surface area (Å²) in [6.07, 6.45) is 3.69. The molecule has 37 heavy (non-hydrogen) atoms. The van der Waals surface area contributed by atoms with Gasteiger partial charge in [-0.3, -0.25) is 4.98 Å². The number of nitrogens with one attached hydrogen (secondary N) is 1. The highest BCUT2D eigenvalue weighted by atomic mass is 16.6. The molecule has 10 nitrogen and oxygen atoms in total. The fourth-order valence-electron chi connectivity index (χ4n) is 3.86. The van der Waals surface area contributed by atoms with Gasteiger partial charge < -0.3 is 19.5 Å². The number of nitrogens with zero attached hydrogens (tertiary/aromatic N) is 4. The first-order valence-corrected chi connectivity index (χ1v) is 12.0. The van der Waals surface area contributed by atoms with Crippen LogP contribution in [0, 0.1) is 12.5 Å². The van der Waals surface area contributed by atoms with Crippen LogP contribution in [0.2, 0.25) is 0 Å². The summed E-state index contributed by atoms with van der Waals surface area (Å²) in [5.74, 6) is 1.05. The molecule has 0 spiro atoms. The van der Waals surface area contributed by atoms with Gasteiger partial charge in [-0.15, -0.1) is 0 Å². The van der Waals surface area contributed by atoms with Crippen LogP contribution in [0.25, 0.3) is 16.1 Å². The molecule has 1 N–H and O–H groups in total.